The van der Waals surface area contributed by atoms with Crippen molar-refractivity contribution in [1.82, 2.24) is 15.5 Å². The van der Waals surface area contributed by atoms with Crippen LogP contribution in [0, 0.1) is 25.7 Å². The van der Waals surface area contributed by atoms with E-state index in [2.05, 4.69) is 22.4 Å². The molecule has 0 unspecified atom stereocenters. The van der Waals surface area contributed by atoms with Gasteiger partial charge in [0.2, 0.25) is 5.91 Å². The van der Waals surface area contributed by atoms with Crippen LogP contribution in [0.25, 0.3) is 0 Å². The second-order valence-electron chi connectivity index (χ2n) is 7.63. The van der Waals surface area contributed by atoms with E-state index in [4.69, 9.17) is 9.15 Å². The van der Waals surface area contributed by atoms with Gasteiger partial charge in [0.15, 0.2) is 6.61 Å². The number of nitrogens with zero attached hydrogens (tertiary/aromatic N) is 2. The van der Waals surface area contributed by atoms with Gasteiger partial charge < -0.3 is 14.5 Å². The Kier molecular flexibility index (Phi) is 5.38. The molecule has 1 aromatic carbocycles. The lowest BCUT2D eigenvalue weighted by Crippen LogP contribution is -2.39. The number of amides is 1. The molecule has 7 heteroatoms. The topological polar surface area (TPSA) is 77.2 Å². The minimum absolute atomic E-state index is 0.0451. The first-order chi connectivity index (χ1) is 13.1. The molecule has 1 amide bonds. The molecule has 1 heterocycles. The number of aryl methyl sites for hydroxylation is 2. The molecule has 0 saturated heterocycles. The number of aromatic nitrogens is 2. The second-order valence-corrected chi connectivity index (χ2v) is 8.56. The summed E-state index contributed by atoms with van der Waals surface area (Å²) in [5.41, 5.74) is 2.40. The summed E-state index contributed by atoms with van der Waals surface area (Å²) in [5, 5.41) is 11.5. The summed E-state index contributed by atoms with van der Waals surface area (Å²) >= 11 is 1.27. The summed E-state index contributed by atoms with van der Waals surface area (Å²) in [5.74, 6) is 3.03. The van der Waals surface area contributed by atoms with Crippen molar-refractivity contribution >= 4 is 17.7 Å². The first-order valence-electron chi connectivity index (χ1n) is 9.51. The van der Waals surface area contributed by atoms with E-state index in [9.17, 15) is 4.79 Å². The van der Waals surface area contributed by atoms with Crippen molar-refractivity contribution in [2.75, 3.05) is 5.75 Å². The largest absolute Gasteiger partial charge is 0.484 e. The third-order valence-electron chi connectivity index (χ3n) is 5.70. The number of benzene rings is 1. The zero-order valence-electron chi connectivity index (χ0n) is 15.7. The van der Waals surface area contributed by atoms with Gasteiger partial charge in [-0.1, -0.05) is 24.2 Å². The van der Waals surface area contributed by atoms with Crippen LogP contribution in [0.15, 0.2) is 27.8 Å². The number of rotatable bonds is 7. The van der Waals surface area contributed by atoms with Gasteiger partial charge in [-0.3, -0.25) is 4.79 Å². The number of carbonyl (C=O) groups is 1. The number of thioether (sulfide) groups is 1. The number of hydrogen-bond acceptors (Lipinski definition) is 6. The molecule has 144 valence electrons. The monoisotopic (exact) mass is 387 g/mol. The van der Waals surface area contributed by atoms with Crippen molar-refractivity contribution < 1.29 is 13.9 Å². The van der Waals surface area contributed by atoms with Gasteiger partial charge in [-0.25, -0.2) is 0 Å². The van der Waals surface area contributed by atoms with Crippen molar-refractivity contribution in [3.63, 3.8) is 0 Å². The lowest BCUT2D eigenvalue weighted by atomic mass is 9.95. The molecule has 1 aromatic heterocycles. The standard InChI is InChI=1S/C20H25N3O3S/c1-12-3-6-16(7-13(12)2)25-10-19-22-23-20(26-19)27-11-18(24)21-17-9-14-4-5-15(17)8-14/h3,6-7,14-15,17H,4-5,8-11H2,1-2H3,(H,21,24)/t14-,15+,17-/m0/s1. The zero-order chi connectivity index (χ0) is 18.8. The molecule has 2 aromatic rings. The first kappa shape index (κ1) is 18.3. The van der Waals surface area contributed by atoms with Gasteiger partial charge >= 0.3 is 0 Å². The molecule has 2 fully saturated rings. The van der Waals surface area contributed by atoms with Crippen molar-refractivity contribution in [3.8, 4) is 5.75 Å². The van der Waals surface area contributed by atoms with Crippen LogP contribution in [0.3, 0.4) is 0 Å². The van der Waals surface area contributed by atoms with Crippen LogP contribution in [0.5, 0.6) is 5.75 Å². The maximum Gasteiger partial charge on any atom is 0.277 e. The highest BCUT2D eigenvalue weighted by molar-refractivity contribution is 7.99. The third-order valence-corrected chi connectivity index (χ3v) is 6.52. The third kappa shape index (κ3) is 4.46. The van der Waals surface area contributed by atoms with E-state index < -0.39 is 0 Å². The van der Waals surface area contributed by atoms with Gasteiger partial charge in [-0.15, -0.1) is 10.2 Å². The van der Waals surface area contributed by atoms with Crippen LogP contribution in [-0.4, -0.2) is 27.9 Å². The molecular formula is C20H25N3O3S. The zero-order valence-corrected chi connectivity index (χ0v) is 16.6. The average Bonchev–Trinajstić information content (AvgIpc) is 3.38. The van der Waals surface area contributed by atoms with E-state index in [-0.39, 0.29) is 12.5 Å². The predicted molar refractivity (Wildman–Crippen MR) is 103 cm³/mol. The van der Waals surface area contributed by atoms with Crippen LogP contribution in [0.1, 0.15) is 42.7 Å². The predicted octanol–water partition coefficient (Wildman–Crippen LogP) is 3.66. The van der Waals surface area contributed by atoms with Gasteiger partial charge in [0.25, 0.3) is 11.1 Å². The Morgan fingerprint density at radius 3 is 2.89 bits per heavy atom. The summed E-state index contributed by atoms with van der Waals surface area (Å²) in [4.78, 5) is 12.2. The molecule has 1 N–H and O–H groups in total. The number of nitrogens with one attached hydrogen (secondary N) is 1. The molecule has 2 aliphatic rings. The summed E-state index contributed by atoms with van der Waals surface area (Å²) in [6, 6.07) is 6.30. The van der Waals surface area contributed by atoms with Gasteiger partial charge in [0, 0.05) is 6.04 Å². The number of fused-ring (bicyclic) bond motifs is 2. The lowest BCUT2D eigenvalue weighted by Gasteiger charge is -2.22. The van der Waals surface area contributed by atoms with E-state index in [1.165, 1.54) is 42.2 Å². The van der Waals surface area contributed by atoms with Crippen LogP contribution < -0.4 is 10.1 Å². The van der Waals surface area contributed by atoms with Gasteiger partial charge in [0.05, 0.1) is 5.75 Å². The average molecular weight is 388 g/mol. The Labute approximate surface area is 163 Å². The van der Waals surface area contributed by atoms with Crippen LogP contribution in [0.2, 0.25) is 0 Å². The fraction of sp³-hybridized carbons (Fsp3) is 0.550. The Morgan fingerprint density at radius 2 is 2.15 bits per heavy atom. The lowest BCUT2D eigenvalue weighted by molar-refractivity contribution is -0.119. The molecule has 27 heavy (non-hydrogen) atoms. The molecule has 4 rings (SSSR count). The van der Waals surface area contributed by atoms with Crippen molar-refractivity contribution in [2.45, 2.75) is 57.4 Å². The highest BCUT2D eigenvalue weighted by Crippen LogP contribution is 2.44. The van der Waals surface area contributed by atoms with E-state index in [1.54, 1.807) is 0 Å². The Hall–Kier alpha value is -2.02. The Balaban J connectivity index is 1.22. The van der Waals surface area contributed by atoms with E-state index in [1.807, 2.05) is 25.1 Å². The van der Waals surface area contributed by atoms with E-state index in [0.717, 1.165) is 18.1 Å². The Bertz CT molecular complexity index is 823. The van der Waals surface area contributed by atoms with E-state index >= 15 is 0 Å². The molecule has 2 saturated carbocycles. The van der Waals surface area contributed by atoms with Crippen LogP contribution in [0.4, 0.5) is 0 Å². The normalized spacial score (nSPS) is 23.6. The molecule has 6 nitrogen and oxygen atoms in total. The summed E-state index contributed by atoms with van der Waals surface area (Å²) in [6.45, 7) is 4.33. The number of carbonyl (C=O) groups excluding carboxylic acids is 1. The highest BCUT2D eigenvalue weighted by atomic mass is 32.2. The number of ether oxygens (including phenoxy) is 1. The quantitative estimate of drug-likeness (QED) is 0.731. The second kappa shape index (κ2) is 7.92. The molecule has 0 radical (unpaired) electrons. The van der Waals surface area contributed by atoms with Crippen LogP contribution >= 0.6 is 11.8 Å². The summed E-state index contributed by atoms with van der Waals surface area (Å²) < 4.78 is 11.3. The summed E-state index contributed by atoms with van der Waals surface area (Å²) in [7, 11) is 0. The van der Waals surface area contributed by atoms with Gasteiger partial charge in [-0.05, 0) is 68.2 Å². The molecule has 3 atom stereocenters. The van der Waals surface area contributed by atoms with E-state index in [0.29, 0.717) is 28.8 Å². The minimum Gasteiger partial charge on any atom is -0.484 e. The molecule has 0 aliphatic heterocycles. The van der Waals surface area contributed by atoms with Crippen molar-refractivity contribution in [2.24, 2.45) is 11.8 Å². The van der Waals surface area contributed by atoms with Crippen molar-refractivity contribution in [1.29, 1.82) is 0 Å². The van der Waals surface area contributed by atoms with Gasteiger partial charge in [0.1, 0.15) is 5.75 Å². The van der Waals surface area contributed by atoms with Crippen LogP contribution in [-0.2, 0) is 11.4 Å². The summed E-state index contributed by atoms with van der Waals surface area (Å²) in [6.07, 6.45) is 5.02. The van der Waals surface area contributed by atoms with Gasteiger partial charge in [-0.2, -0.15) is 0 Å². The maximum absolute atomic E-state index is 12.2. The fourth-order valence-corrected chi connectivity index (χ4v) is 4.69. The van der Waals surface area contributed by atoms with Crippen molar-refractivity contribution in [3.05, 3.63) is 35.2 Å². The molecule has 0 spiro atoms. The minimum atomic E-state index is 0.0451. The maximum atomic E-state index is 12.2. The molecule has 2 bridgehead atoms. The SMILES string of the molecule is Cc1ccc(OCc2nnc(SCC(=O)N[C@H]3C[C@H]4CC[C@@H]3C4)o2)cc1C. The first-order valence-corrected chi connectivity index (χ1v) is 10.5. The fourth-order valence-electron chi connectivity index (χ4n) is 4.10. The molecule has 2 aliphatic carbocycles. The number of hydrogen-bond donors (Lipinski definition) is 1. The molecular weight excluding hydrogens is 362 g/mol. The Morgan fingerprint density at radius 1 is 1.26 bits per heavy atom. The highest BCUT2D eigenvalue weighted by Gasteiger charge is 2.40. The smallest absolute Gasteiger partial charge is 0.277 e.